The largest absolute Gasteiger partial charge is 0.402 e. The lowest BCUT2D eigenvalue weighted by molar-refractivity contribution is 0.262. The van der Waals surface area contributed by atoms with E-state index < -0.39 is 0 Å². The monoisotopic (exact) mass is 170 g/mol. The van der Waals surface area contributed by atoms with Gasteiger partial charge in [-0.3, -0.25) is 5.01 Å². The Bertz CT molecular complexity index is 164. The Hall–Kier alpha value is -1.16. The van der Waals surface area contributed by atoms with Gasteiger partial charge in [-0.15, -0.1) is 6.58 Å². The van der Waals surface area contributed by atoms with Crippen molar-refractivity contribution >= 4 is 0 Å². The summed E-state index contributed by atoms with van der Waals surface area (Å²) in [7, 11) is 1.93. The van der Waals surface area contributed by atoms with E-state index in [1.165, 1.54) is 6.20 Å². The van der Waals surface area contributed by atoms with Crippen LogP contribution in [0.25, 0.3) is 0 Å². The lowest BCUT2D eigenvalue weighted by atomic mass is 10.5. The Labute approximate surface area is 74.1 Å². The van der Waals surface area contributed by atoms with E-state index in [9.17, 15) is 0 Å². The summed E-state index contributed by atoms with van der Waals surface area (Å²) in [5.74, 6) is 6.49. The van der Waals surface area contributed by atoms with Crippen LogP contribution >= 0.6 is 0 Å². The Kier molecular flexibility index (Phi) is 4.96. The van der Waals surface area contributed by atoms with Gasteiger partial charge in [0.05, 0.1) is 6.54 Å². The van der Waals surface area contributed by atoms with Gasteiger partial charge in [-0.1, -0.05) is 6.08 Å². The fourth-order valence-electron chi connectivity index (χ4n) is 0.837. The molecule has 0 aliphatic heterocycles. The van der Waals surface area contributed by atoms with Crippen molar-refractivity contribution < 1.29 is 0 Å². The predicted octanol–water partition coefficient (Wildman–Crippen LogP) is 0.0574. The third-order valence-electron chi connectivity index (χ3n) is 1.63. The Morgan fingerprint density at radius 1 is 1.58 bits per heavy atom. The molecule has 0 aliphatic rings. The van der Waals surface area contributed by atoms with E-state index in [0.717, 1.165) is 12.4 Å². The molecule has 0 spiro atoms. The zero-order valence-corrected chi connectivity index (χ0v) is 7.83. The molecule has 0 aromatic carbocycles. The second-order valence-corrected chi connectivity index (χ2v) is 2.48. The summed E-state index contributed by atoms with van der Waals surface area (Å²) >= 11 is 0. The van der Waals surface area contributed by atoms with Crippen molar-refractivity contribution in [2.45, 2.75) is 6.92 Å². The van der Waals surface area contributed by atoms with E-state index in [4.69, 9.17) is 11.6 Å². The molecular weight excluding hydrogens is 152 g/mol. The standard InChI is InChI=1S/C8H18N4/c1-4-6-12(10)8(7-9)11(3)5-2/h4,7H,1,5-6,9-10H2,2-3H3/b8-7-. The third kappa shape index (κ3) is 2.84. The quantitative estimate of drug-likeness (QED) is 0.348. The fraction of sp³-hybridized carbons (Fsp3) is 0.500. The van der Waals surface area contributed by atoms with Crippen molar-refractivity contribution in [2.24, 2.45) is 11.6 Å². The molecule has 0 aromatic heterocycles. The van der Waals surface area contributed by atoms with E-state index in [2.05, 4.69) is 6.58 Å². The molecule has 0 amide bonds. The van der Waals surface area contributed by atoms with Gasteiger partial charge in [0.1, 0.15) is 5.82 Å². The van der Waals surface area contributed by atoms with Crippen LogP contribution in [0.3, 0.4) is 0 Å². The van der Waals surface area contributed by atoms with E-state index >= 15 is 0 Å². The number of nitrogens with zero attached hydrogens (tertiary/aromatic N) is 2. The maximum absolute atomic E-state index is 5.69. The molecule has 4 heteroatoms. The molecule has 0 atom stereocenters. The summed E-state index contributed by atoms with van der Waals surface area (Å²) in [5.41, 5.74) is 5.42. The van der Waals surface area contributed by atoms with Crippen molar-refractivity contribution in [3.8, 4) is 0 Å². The number of rotatable bonds is 5. The molecule has 0 aliphatic carbocycles. The van der Waals surface area contributed by atoms with Crippen LogP contribution in [0.15, 0.2) is 24.7 Å². The molecule has 0 saturated carbocycles. The van der Waals surface area contributed by atoms with Gasteiger partial charge in [0.25, 0.3) is 0 Å². The summed E-state index contributed by atoms with van der Waals surface area (Å²) in [6.07, 6.45) is 3.22. The Morgan fingerprint density at radius 2 is 2.17 bits per heavy atom. The smallest absolute Gasteiger partial charge is 0.134 e. The van der Waals surface area contributed by atoms with Gasteiger partial charge in [0.2, 0.25) is 0 Å². The lowest BCUT2D eigenvalue weighted by Crippen LogP contribution is -2.38. The number of hydrogen-bond donors (Lipinski definition) is 2. The molecule has 4 N–H and O–H groups in total. The van der Waals surface area contributed by atoms with Gasteiger partial charge in [-0.2, -0.15) is 0 Å². The molecule has 0 bridgehead atoms. The first-order valence-corrected chi connectivity index (χ1v) is 3.93. The van der Waals surface area contributed by atoms with Crippen LogP contribution in [-0.4, -0.2) is 30.0 Å². The van der Waals surface area contributed by atoms with Gasteiger partial charge in [0.15, 0.2) is 0 Å². The lowest BCUT2D eigenvalue weighted by Gasteiger charge is -2.27. The van der Waals surface area contributed by atoms with E-state index in [1.54, 1.807) is 11.1 Å². The molecule has 0 fully saturated rings. The van der Waals surface area contributed by atoms with E-state index in [1.807, 2.05) is 18.9 Å². The average molecular weight is 170 g/mol. The van der Waals surface area contributed by atoms with E-state index in [0.29, 0.717) is 6.54 Å². The van der Waals surface area contributed by atoms with Gasteiger partial charge >= 0.3 is 0 Å². The zero-order chi connectivity index (χ0) is 9.56. The first-order valence-electron chi connectivity index (χ1n) is 3.93. The molecule has 4 nitrogen and oxygen atoms in total. The highest BCUT2D eigenvalue weighted by atomic mass is 15.5. The molecule has 0 unspecified atom stereocenters. The summed E-state index contributed by atoms with van der Waals surface area (Å²) < 4.78 is 0. The fourth-order valence-corrected chi connectivity index (χ4v) is 0.837. The van der Waals surface area contributed by atoms with Crippen molar-refractivity contribution in [1.82, 2.24) is 9.91 Å². The molecule has 12 heavy (non-hydrogen) atoms. The van der Waals surface area contributed by atoms with Crippen LogP contribution in [0.4, 0.5) is 0 Å². The van der Waals surface area contributed by atoms with Gasteiger partial charge < -0.3 is 10.6 Å². The van der Waals surface area contributed by atoms with Gasteiger partial charge in [0, 0.05) is 19.8 Å². The minimum atomic E-state index is 0.591. The molecule has 0 aromatic rings. The van der Waals surface area contributed by atoms with Crippen LogP contribution in [0, 0.1) is 0 Å². The first-order chi connectivity index (χ1) is 5.67. The molecule has 0 rings (SSSR count). The number of hydrogen-bond acceptors (Lipinski definition) is 4. The minimum absolute atomic E-state index is 0.591. The highest BCUT2D eigenvalue weighted by Gasteiger charge is 2.05. The van der Waals surface area contributed by atoms with Crippen molar-refractivity contribution in [2.75, 3.05) is 20.1 Å². The predicted molar refractivity (Wildman–Crippen MR) is 51.7 cm³/mol. The Balaban J connectivity index is 4.24. The van der Waals surface area contributed by atoms with Crippen molar-refractivity contribution in [1.29, 1.82) is 0 Å². The van der Waals surface area contributed by atoms with Crippen molar-refractivity contribution in [3.63, 3.8) is 0 Å². The summed E-state index contributed by atoms with van der Waals surface area (Å²) in [5, 5.41) is 1.55. The highest BCUT2D eigenvalue weighted by molar-refractivity contribution is 4.96. The highest BCUT2D eigenvalue weighted by Crippen LogP contribution is 2.01. The van der Waals surface area contributed by atoms with Gasteiger partial charge in [-0.05, 0) is 6.92 Å². The molecule has 0 radical (unpaired) electrons. The molecule has 0 saturated heterocycles. The van der Waals surface area contributed by atoms with Crippen LogP contribution < -0.4 is 11.6 Å². The topological polar surface area (TPSA) is 58.5 Å². The summed E-state index contributed by atoms with van der Waals surface area (Å²) in [6, 6.07) is 0. The molecule has 70 valence electrons. The maximum atomic E-state index is 5.69. The van der Waals surface area contributed by atoms with E-state index in [-0.39, 0.29) is 0 Å². The SMILES string of the molecule is C=CCN(N)/C(=C\N)N(C)CC. The second-order valence-electron chi connectivity index (χ2n) is 2.48. The molecule has 0 heterocycles. The molecular formula is C8H18N4. The van der Waals surface area contributed by atoms with Crippen LogP contribution in [0.2, 0.25) is 0 Å². The first kappa shape index (κ1) is 10.8. The Morgan fingerprint density at radius 3 is 2.50 bits per heavy atom. The van der Waals surface area contributed by atoms with Crippen LogP contribution in [0.1, 0.15) is 6.92 Å². The third-order valence-corrected chi connectivity index (χ3v) is 1.63. The summed E-state index contributed by atoms with van der Waals surface area (Å²) in [4.78, 5) is 1.96. The second kappa shape index (κ2) is 5.49. The minimum Gasteiger partial charge on any atom is -0.402 e. The van der Waals surface area contributed by atoms with Crippen LogP contribution in [-0.2, 0) is 0 Å². The maximum Gasteiger partial charge on any atom is 0.134 e. The normalized spacial score (nSPS) is 11.1. The summed E-state index contributed by atoms with van der Waals surface area (Å²) in [6.45, 7) is 7.09. The van der Waals surface area contributed by atoms with Gasteiger partial charge in [-0.25, -0.2) is 5.84 Å². The van der Waals surface area contributed by atoms with Crippen molar-refractivity contribution in [3.05, 3.63) is 24.7 Å². The number of nitrogens with two attached hydrogens (primary N) is 2. The average Bonchev–Trinajstić information content (AvgIpc) is 2.06. The number of hydrazine groups is 1. The van der Waals surface area contributed by atoms with Crippen LogP contribution in [0.5, 0.6) is 0 Å². The zero-order valence-electron chi connectivity index (χ0n) is 7.83.